The molecule has 0 aromatic carbocycles. The summed E-state index contributed by atoms with van der Waals surface area (Å²) in [5.74, 6) is -44.5. The smallest absolute Gasteiger partial charge is 0.743 e. The van der Waals surface area contributed by atoms with Crippen LogP contribution < -0.4 is 0 Å². The van der Waals surface area contributed by atoms with Crippen LogP contribution >= 0.6 is 0 Å². The molecule has 9 nitrogen and oxygen atoms in total. The van der Waals surface area contributed by atoms with Crippen LogP contribution in [0.1, 0.15) is 0 Å². The minimum absolute atomic E-state index is 0. The van der Waals surface area contributed by atoms with E-state index in [1.165, 1.54) is 0 Å². The molecule has 0 aliphatic heterocycles. The van der Waals surface area contributed by atoms with Crippen molar-refractivity contribution >= 4 is 30.4 Å². The molecule has 0 fully saturated rings. The van der Waals surface area contributed by atoms with Crippen LogP contribution in [0.4, 0.5) is 119 Å². The van der Waals surface area contributed by atoms with Gasteiger partial charge in [-0.1, -0.05) is 0 Å². The zero-order chi connectivity index (χ0) is 43.5. The van der Waals surface area contributed by atoms with Crippen molar-refractivity contribution in [2.75, 3.05) is 0 Å². The van der Waals surface area contributed by atoms with Gasteiger partial charge in [0.25, 0.3) is 0 Å². The summed E-state index contributed by atoms with van der Waals surface area (Å²) in [6.45, 7) is 0. The fraction of sp³-hybridized carbons (Fsp3) is 1.00. The van der Waals surface area contributed by atoms with Crippen LogP contribution in [0, 0.1) is 46.9 Å². The predicted octanol–water partition coefficient (Wildman–Crippen LogP) is 5.87. The normalized spacial score (nSPS) is 15.8. The molecule has 0 aromatic rings. The van der Waals surface area contributed by atoms with Crippen LogP contribution in [0.3, 0.4) is 0 Å². The molecule has 0 heterocycles. The summed E-state index contributed by atoms with van der Waals surface area (Å²) >= 11 is 0. The van der Waals surface area contributed by atoms with Crippen molar-refractivity contribution in [2.45, 2.75) is 69.8 Å². The number of hydrogen-bond acceptors (Lipinski definition) is 9. The molecule has 0 N–H and O–H groups in total. The maximum absolute atomic E-state index is 12.2. The minimum Gasteiger partial charge on any atom is -0.743 e. The van der Waals surface area contributed by atoms with Gasteiger partial charge in [-0.3, -0.25) is 0 Å². The SMILES string of the molecule is O=S(=O)([O-])C(F)(F)C(F)(F)C(F)(F)C(F)(F)F.O=S(=O)([O-])C(F)(F)C(F)(F)C(F)(F)C(F)(F)F.O=S(=O)([O-])C(F)(F)C(F)(F)C(F)(F)C(F)(F)F.[Yb+3]. The summed E-state index contributed by atoms with van der Waals surface area (Å²) in [6.07, 6.45) is -21.5. The molecular formula is C12F27O9S3Yb. The molecule has 0 unspecified atom stereocenters. The number of rotatable bonds is 9. The zero-order valence-corrected chi connectivity index (χ0v) is 25.5. The van der Waals surface area contributed by atoms with Crippen molar-refractivity contribution in [3.05, 3.63) is 0 Å². The fourth-order valence-electron chi connectivity index (χ4n) is 1.55. The monoisotopic (exact) mass is 1070 g/mol. The molecule has 0 saturated heterocycles. The van der Waals surface area contributed by atoms with Crippen LogP contribution in [0.25, 0.3) is 0 Å². The molecule has 1 radical (unpaired) electrons. The van der Waals surface area contributed by atoms with Gasteiger partial charge in [0.2, 0.25) is 0 Å². The third-order valence-corrected chi connectivity index (χ3v) is 6.94. The van der Waals surface area contributed by atoms with E-state index in [1.54, 1.807) is 0 Å². The van der Waals surface area contributed by atoms with Crippen molar-refractivity contribution in [3.8, 4) is 0 Å². The van der Waals surface area contributed by atoms with Crippen LogP contribution in [0.5, 0.6) is 0 Å². The van der Waals surface area contributed by atoms with Gasteiger partial charge in [0, 0.05) is 0 Å². The average Bonchev–Trinajstić information content (AvgIpc) is 2.79. The Balaban J connectivity index is -0.000000329. The second-order valence-corrected chi connectivity index (χ2v) is 12.1. The van der Waals surface area contributed by atoms with Gasteiger partial charge in [-0.05, 0) is 0 Å². The van der Waals surface area contributed by atoms with Crippen molar-refractivity contribution in [2.24, 2.45) is 0 Å². The Labute approximate surface area is 303 Å². The van der Waals surface area contributed by atoms with E-state index in [-0.39, 0.29) is 46.9 Å². The Morgan fingerprint density at radius 1 is 0.250 bits per heavy atom. The van der Waals surface area contributed by atoms with Gasteiger partial charge in [0.15, 0.2) is 30.4 Å². The van der Waals surface area contributed by atoms with Crippen LogP contribution in [-0.4, -0.2) is 109 Å². The molecule has 323 valence electrons. The number of alkyl halides is 27. The van der Waals surface area contributed by atoms with Gasteiger partial charge in [-0.15, -0.1) is 0 Å². The van der Waals surface area contributed by atoms with E-state index in [2.05, 4.69) is 0 Å². The molecule has 0 aliphatic carbocycles. The van der Waals surface area contributed by atoms with E-state index in [0.717, 1.165) is 0 Å². The zero-order valence-electron chi connectivity index (χ0n) is 21.4. The van der Waals surface area contributed by atoms with Crippen LogP contribution in [-0.2, 0) is 30.4 Å². The van der Waals surface area contributed by atoms with Gasteiger partial charge < -0.3 is 13.7 Å². The van der Waals surface area contributed by atoms with E-state index in [9.17, 15) is 157 Å². The molecule has 0 saturated carbocycles. The Morgan fingerprint density at radius 2 is 0.346 bits per heavy atom. The maximum Gasteiger partial charge on any atom is 3.00 e. The van der Waals surface area contributed by atoms with Crippen LogP contribution in [0.2, 0.25) is 0 Å². The Morgan fingerprint density at radius 3 is 0.404 bits per heavy atom. The Kier molecular flexibility index (Phi) is 17.2. The Hall–Kier alpha value is -0.641. The average molecular weight is 1070 g/mol. The summed E-state index contributed by atoms with van der Waals surface area (Å²) in [6, 6.07) is 0. The first kappa shape index (κ1) is 58.1. The number of hydrogen-bond donors (Lipinski definition) is 0. The second-order valence-electron chi connectivity index (χ2n) is 7.85. The van der Waals surface area contributed by atoms with Gasteiger partial charge >= 0.3 is 117 Å². The minimum atomic E-state index is -7.43. The molecule has 0 spiro atoms. The van der Waals surface area contributed by atoms with Crippen molar-refractivity contribution < 1.29 is 204 Å². The van der Waals surface area contributed by atoms with Crippen molar-refractivity contribution in [1.82, 2.24) is 0 Å². The fourth-order valence-corrected chi connectivity index (χ4v) is 2.88. The molecule has 0 aliphatic rings. The standard InChI is InChI=1S/3C4HF9O3S.Yb/c3*5-1(6,3(9,10)11)2(7,8)4(12,13)17(14,15)16;/h3*(H,14,15,16);/q;;;+3/p-3. The van der Waals surface area contributed by atoms with Gasteiger partial charge in [-0.25, -0.2) is 25.3 Å². The second kappa shape index (κ2) is 15.4. The molecule has 0 bridgehead atoms. The first-order valence-electron chi connectivity index (χ1n) is 9.46. The van der Waals surface area contributed by atoms with Crippen molar-refractivity contribution in [1.29, 1.82) is 0 Å². The van der Waals surface area contributed by atoms with E-state index in [1.807, 2.05) is 0 Å². The van der Waals surface area contributed by atoms with Gasteiger partial charge in [-0.2, -0.15) is 119 Å². The van der Waals surface area contributed by atoms with Crippen molar-refractivity contribution in [3.63, 3.8) is 0 Å². The summed E-state index contributed by atoms with van der Waals surface area (Å²) in [5, 5.41) is -21.3. The Bertz CT molecular complexity index is 1370. The third-order valence-electron chi connectivity index (χ3n) is 4.29. The topological polar surface area (TPSA) is 172 Å². The van der Waals surface area contributed by atoms with Gasteiger partial charge in [0.1, 0.15) is 0 Å². The molecule has 52 heavy (non-hydrogen) atoms. The van der Waals surface area contributed by atoms with E-state index in [4.69, 9.17) is 0 Å². The quantitative estimate of drug-likeness (QED) is 0.202. The molecule has 0 aromatic heterocycles. The predicted molar refractivity (Wildman–Crippen MR) is 91.8 cm³/mol. The summed E-state index contributed by atoms with van der Waals surface area (Å²) in [4.78, 5) is 0. The van der Waals surface area contributed by atoms with Crippen LogP contribution in [0.15, 0.2) is 0 Å². The third kappa shape index (κ3) is 10.0. The first-order chi connectivity index (χ1) is 21.0. The van der Waals surface area contributed by atoms with E-state index in [0.29, 0.717) is 0 Å². The maximum atomic E-state index is 12.2. The molecule has 0 amide bonds. The summed E-state index contributed by atoms with van der Waals surface area (Å²) < 4.78 is 406. The molecule has 40 heteroatoms. The van der Waals surface area contributed by atoms with E-state index >= 15 is 0 Å². The van der Waals surface area contributed by atoms with E-state index < -0.39 is 100 Å². The molecule has 0 rings (SSSR count). The largest absolute Gasteiger partial charge is 3.00 e. The molecule has 0 atom stereocenters. The summed E-state index contributed by atoms with van der Waals surface area (Å²) in [5.41, 5.74) is 0. The summed E-state index contributed by atoms with van der Waals surface area (Å²) in [7, 11) is -22.3. The first-order valence-corrected chi connectivity index (χ1v) is 13.7. The van der Waals surface area contributed by atoms with Gasteiger partial charge in [0.05, 0.1) is 0 Å². The molecular weight excluding hydrogens is 1070 g/mol. The number of halogens is 27.